The fraction of sp³-hybridized carbons (Fsp3) is 0.286. The maximum Gasteiger partial charge on any atom is 0.357 e. The molecule has 0 bridgehead atoms. The third kappa shape index (κ3) is 2.83. The first-order valence-corrected chi connectivity index (χ1v) is 5.65. The number of hydrogen-bond acceptors (Lipinski definition) is 3. The Bertz CT molecular complexity index is 602. The van der Waals surface area contributed by atoms with Gasteiger partial charge in [-0.1, -0.05) is 6.07 Å². The summed E-state index contributed by atoms with van der Waals surface area (Å²) in [4.78, 5) is 16.0. The average Bonchev–Trinajstić information content (AvgIpc) is 2.26. The number of carbonyl (C=O) groups is 1. The number of carbonyl (C=O) groups excluding carboxylic acids is 1. The summed E-state index contributed by atoms with van der Waals surface area (Å²) in [7, 11) is 0. The molecule has 4 heteroatoms. The second-order valence-electron chi connectivity index (χ2n) is 5.04. The number of rotatable bonds is 1. The Kier molecular flexibility index (Phi) is 3.03. The lowest BCUT2D eigenvalue weighted by Crippen LogP contribution is -2.24. The van der Waals surface area contributed by atoms with E-state index < -0.39 is 11.6 Å². The highest BCUT2D eigenvalue weighted by atomic mass is 19.1. The van der Waals surface area contributed by atoms with Crippen molar-refractivity contribution in [2.24, 2.45) is 0 Å². The largest absolute Gasteiger partial charge is 0.455 e. The topological polar surface area (TPSA) is 39.2 Å². The Hall–Kier alpha value is -1.97. The first-order valence-electron chi connectivity index (χ1n) is 5.65. The van der Waals surface area contributed by atoms with Crippen LogP contribution in [0, 0.1) is 5.82 Å². The molecule has 0 saturated carbocycles. The van der Waals surface area contributed by atoms with Crippen molar-refractivity contribution < 1.29 is 13.9 Å². The number of esters is 1. The van der Waals surface area contributed by atoms with Crippen LogP contribution in [0.5, 0.6) is 0 Å². The maximum absolute atomic E-state index is 13.0. The zero-order valence-electron chi connectivity index (χ0n) is 10.5. The van der Waals surface area contributed by atoms with Crippen molar-refractivity contribution >= 4 is 16.9 Å². The zero-order valence-corrected chi connectivity index (χ0v) is 10.5. The van der Waals surface area contributed by atoms with Crippen molar-refractivity contribution in [3.8, 4) is 0 Å². The van der Waals surface area contributed by atoms with Gasteiger partial charge in [-0.25, -0.2) is 14.2 Å². The summed E-state index contributed by atoms with van der Waals surface area (Å²) in [6.07, 6.45) is 0. The minimum Gasteiger partial charge on any atom is -0.455 e. The first kappa shape index (κ1) is 12.5. The molecule has 2 rings (SSSR count). The molecule has 94 valence electrons. The molecule has 0 radical (unpaired) electrons. The van der Waals surface area contributed by atoms with Crippen molar-refractivity contribution in [1.29, 1.82) is 0 Å². The van der Waals surface area contributed by atoms with Gasteiger partial charge < -0.3 is 4.74 Å². The van der Waals surface area contributed by atoms with E-state index in [4.69, 9.17) is 4.74 Å². The lowest BCUT2D eigenvalue weighted by atomic mass is 10.2. The molecule has 0 spiro atoms. The maximum atomic E-state index is 13.0. The van der Waals surface area contributed by atoms with Crippen LogP contribution in [0.25, 0.3) is 10.9 Å². The van der Waals surface area contributed by atoms with E-state index in [0.717, 1.165) is 0 Å². The number of nitrogens with zero attached hydrogens (tertiary/aromatic N) is 1. The van der Waals surface area contributed by atoms with Gasteiger partial charge >= 0.3 is 5.97 Å². The van der Waals surface area contributed by atoms with Crippen LogP contribution in [0.1, 0.15) is 31.3 Å². The van der Waals surface area contributed by atoms with Gasteiger partial charge in [0.1, 0.15) is 17.1 Å². The molecule has 0 fully saturated rings. The molecule has 3 nitrogen and oxygen atoms in total. The van der Waals surface area contributed by atoms with Gasteiger partial charge in [-0.15, -0.1) is 0 Å². The monoisotopic (exact) mass is 247 g/mol. The third-order valence-electron chi connectivity index (χ3n) is 2.26. The van der Waals surface area contributed by atoms with E-state index >= 15 is 0 Å². The lowest BCUT2D eigenvalue weighted by molar-refractivity contribution is 0.00633. The molecular weight excluding hydrogens is 233 g/mol. The van der Waals surface area contributed by atoms with Crippen LogP contribution in [-0.2, 0) is 4.74 Å². The van der Waals surface area contributed by atoms with Gasteiger partial charge in [0.05, 0.1) is 5.52 Å². The SMILES string of the molecule is CC(C)(C)OC(=O)c1ccc2cc(F)ccc2n1. The van der Waals surface area contributed by atoms with Gasteiger partial charge in [-0.05, 0) is 45.0 Å². The highest BCUT2D eigenvalue weighted by molar-refractivity contribution is 5.91. The zero-order chi connectivity index (χ0) is 13.3. The van der Waals surface area contributed by atoms with Crippen LogP contribution >= 0.6 is 0 Å². The summed E-state index contributed by atoms with van der Waals surface area (Å²) in [5, 5.41) is 0.655. The van der Waals surface area contributed by atoms with Crippen LogP contribution < -0.4 is 0 Å². The summed E-state index contributed by atoms with van der Waals surface area (Å²) in [6, 6.07) is 7.43. The summed E-state index contributed by atoms with van der Waals surface area (Å²) >= 11 is 0. The van der Waals surface area contributed by atoms with E-state index in [2.05, 4.69) is 4.98 Å². The predicted octanol–water partition coefficient (Wildman–Crippen LogP) is 3.33. The smallest absolute Gasteiger partial charge is 0.357 e. The molecule has 0 N–H and O–H groups in total. The van der Waals surface area contributed by atoms with E-state index in [-0.39, 0.29) is 11.5 Å². The molecule has 0 aliphatic heterocycles. The van der Waals surface area contributed by atoms with Crippen LogP contribution in [-0.4, -0.2) is 16.6 Å². The van der Waals surface area contributed by atoms with E-state index in [0.29, 0.717) is 10.9 Å². The molecule has 0 atom stereocenters. The Balaban J connectivity index is 2.36. The number of fused-ring (bicyclic) bond motifs is 1. The minimum atomic E-state index is -0.559. The van der Waals surface area contributed by atoms with Crippen molar-refractivity contribution in [1.82, 2.24) is 4.98 Å². The molecule has 0 amide bonds. The van der Waals surface area contributed by atoms with E-state index in [1.54, 1.807) is 32.9 Å². The molecule has 1 heterocycles. The third-order valence-corrected chi connectivity index (χ3v) is 2.26. The molecule has 0 aliphatic carbocycles. The number of ether oxygens (including phenoxy) is 1. The van der Waals surface area contributed by atoms with Gasteiger partial charge in [-0.2, -0.15) is 0 Å². The fourth-order valence-electron chi connectivity index (χ4n) is 1.54. The molecular formula is C14H14FNO2. The Morgan fingerprint density at radius 3 is 2.61 bits per heavy atom. The highest BCUT2D eigenvalue weighted by Crippen LogP contribution is 2.16. The normalized spacial score (nSPS) is 11.6. The number of aromatic nitrogens is 1. The number of hydrogen-bond donors (Lipinski definition) is 0. The Labute approximate surface area is 105 Å². The van der Waals surface area contributed by atoms with E-state index in [1.807, 2.05) is 0 Å². The summed E-state index contributed by atoms with van der Waals surface area (Å²) in [5.41, 5.74) is 0.236. The Morgan fingerprint density at radius 2 is 1.94 bits per heavy atom. The lowest BCUT2D eigenvalue weighted by Gasteiger charge is -2.19. The predicted molar refractivity (Wildman–Crippen MR) is 66.9 cm³/mol. The van der Waals surface area contributed by atoms with Gasteiger partial charge in [0, 0.05) is 5.39 Å². The fourth-order valence-corrected chi connectivity index (χ4v) is 1.54. The summed E-state index contributed by atoms with van der Waals surface area (Å²) < 4.78 is 18.2. The van der Waals surface area contributed by atoms with Gasteiger partial charge in [0.15, 0.2) is 0 Å². The van der Waals surface area contributed by atoms with Crippen molar-refractivity contribution in [3.05, 3.63) is 41.8 Å². The van der Waals surface area contributed by atoms with E-state index in [9.17, 15) is 9.18 Å². The van der Waals surface area contributed by atoms with Crippen molar-refractivity contribution in [3.63, 3.8) is 0 Å². The first-order chi connectivity index (χ1) is 8.35. The molecule has 18 heavy (non-hydrogen) atoms. The summed E-state index contributed by atoms with van der Waals surface area (Å²) in [5.74, 6) is -0.803. The molecule has 1 aromatic carbocycles. The van der Waals surface area contributed by atoms with Gasteiger partial charge in [-0.3, -0.25) is 0 Å². The van der Waals surface area contributed by atoms with Crippen LogP contribution in [0.3, 0.4) is 0 Å². The van der Waals surface area contributed by atoms with Crippen molar-refractivity contribution in [2.75, 3.05) is 0 Å². The number of benzene rings is 1. The second kappa shape index (κ2) is 4.37. The second-order valence-corrected chi connectivity index (χ2v) is 5.04. The highest BCUT2D eigenvalue weighted by Gasteiger charge is 2.18. The molecule has 0 saturated heterocycles. The molecule has 1 aromatic heterocycles. The minimum absolute atomic E-state index is 0.226. The molecule has 0 aliphatic rings. The van der Waals surface area contributed by atoms with Crippen molar-refractivity contribution in [2.45, 2.75) is 26.4 Å². The number of pyridine rings is 1. The van der Waals surface area contributed by atoms with E-state index in [1.165, 1.54) is 18.2 Å². The average molecular weight is 247 g/mol. The van der Waals surface area contributed by atoms with Crippen LogP contribution in [0.15, 0.2) is 30.3 Å². The van der Waals surface area contributed by atoms with Crippen LogP contribution in [0.4, 0.5) is 4.39 Å². The van der Waals surface area contributed by atoms with Crippen LogP contribution in [0.2, 0.25) is 0 Å². The molecule has 2 aromatic rings. The van der Waals surface area contributed by atoms with Gasteiger partial charge in [0.25, 0.3) is 0 Å². The summed E-state index contributed by atoms with van der Waals surface area (Å²) in [6.45, 7) is 5.38. The Morgan fingerprint density at radius 1 is 1.22 bits per heavy atom. The molecule has 0 unspecified atom stereocenters. The quantitative estimate of drug-likeness (QED) is 0.725. The standard InChI is InChI=1S/C14H14FNO2/c1-14(2,3)18-13(17)12-6-4-9-8-10(15)5-7-11(9)16-12/h4-8H,1-3H3. The number of halogens is 1. The van der Waals surface area contributed by atoms with Gasteiger partial charge in [0.2, 0.25) is 0 Å².